The largest absolute Gasteiger partial charge is 0.501 e. The number of rotatable bonds is 6. The van der Waals surface area contributed by atoms with Gasteiger partial charge in [-0.05, 0) is 38.0 Å². The molecule has 3 aromatic heterocycles. The van der Waals surface area contributed by atoms with Gasteiger partial charge in [-0.1, -0.05) is 29.3 Å². The van der Waals surface area contributed by atoms with Crippen molar-refractivity contribution in [3.8, 4) is 16.5 Å². The van der Waals surface area contributed by atoms with Gasteiger partial charge in [0.2, 0.25) is 27.5 Å². The Hall–Kier alpha value is -3.17. The van der Waals surface area contributed by atoms with Crippen LogP contribution in [0.3, 0.4) is 0 Å². The Kier molecular flexibility index (Phi) is 7.92. The molecular formula is C27H28Cl2N6O6S2. The van der Waals surface area contributed by atoms with Gasteiger partial charge >= 0.3 is 5.56 Å². The van der Waals surface area contributed by atoms with E-state index in [0.29, 0.717) is 36.0 Å². The second-order valence-corrected chi connectivity index (χ2v) is 14.7. The lowest BCUT2D eigenvalue weighted by molar-refractivity contribution is -0.143. The number of carbonyl (C=O) groups is 1. The van der Waals surface area contributed by atoms with Crippen LogP contribution in [-0.4, -0.2) is 80.9 Å². The van der Waals surface area contributed by atoms with Gasteiger partial charge in [0.1, 0.15) is 17.4 Å². The molecule has 5 heterocycles. The molecule has 0 bridgehead atoms. The number of halogens is 2. The van der Waals surface area contributed by atoms with E-state index in [1.165, 1.54) is 22.1 Å². The Bertz CT molecular complexity index is 1900. The standard InChI is InChI=1S/C27H28Cl2N6O6S2/c1-15-11-32(12-16(2)41-15)22(36)14-33-13-21(34-6-3-7-43(34,39)40)35-26(38)24(37)23(31-27(33)35)25-30-10-18(42-25)8-17-4-5-19(28)20(29)9-17/h4-5,9-10,13,15-16,37H,3,6-8,11-12,14H2,1-2H3. The number of carbonyl (C=O) groups excluding carboxylic acids is 1. The van der Waals surface area contributed by atoms with Crippen LogP contribution in [0, 0.1) is 0 Å². The Balaban J connectivity index is 1.42. The molecule has 0 spiro atoms. The molecule has 4 aromatic rings. The third-order valence-corrected chi connectivity index (χ3v) is 10.9. The highest BCUT2D eigenvalue weighted by molar-refractivity contribution is 7.93. The van der Waals surface area contributed by atoms with E-state index in [2.05, 4.69) is 9.97 Å². The molecule has 43 heavy (non-hydrogen) atoms. The van der Waals surface area contributed by atoms with Crippen LogP contribution in [-0.2, 0) is 32.5 Å². The first kappa shape index (κ1) is 29.9. The van der Waals surface area contributed by atoms with Crippen LogP contribution in [0.2, 0.25) is 10.0 Å². The van der Waals surface area contributed by atoms with Crippen molar-refractivity contribution in [3.05, 3.63) is 61.4 Å². The summed E-state index contributed by atoms with van der Waals surface area (Å²) in [5, 5.41) is 12.2. The van der Waals surface area contributed by atoms with E-state index < -0.39 is 21.3 Å². The van der Waals surface area contributed by atoms with Gasteiger partial charge in [-0.2, -0.15) is 0 Å². The topological polar surface area (TPSA) is 139 Å². The summed E-state index contributed by atoms with van der Waals surface area (Å²) in [7, 11) is -3.69. The average molecular weight is 668 g/mol. The van der Waals surface area contributed by atoms with Gasteiger partial charge in [0.25, 0.3) is 0 Å². The average Bonchev–Trinajstić information content (AvgIpc) is 3.64. The summed E-state index contributed by atoms with van der Waals surface area (Å²) in [5.74, 6) is -0.959. The molecule has 2 fully saturated rings. The molecule has 2 aliphatic heterocycles. The number of nitrogens with zero attached hydrogens (tertiary/aromatic N) is 6. The maximum absolute atomic E-state index is 13.6. The molecule has 1 N–H and O–H groups in total. The molecule has 1 aromatic carbocycles. The minimum absolute atomic E-state index is 0.0128. The first-order valence-electron chi connectivity index (χ1n) is 13.6. The van der Waals surface area contributed by atoms with Crippen molar-refractivity contribution in [3.63, 3.8) is 0 Å². The number of fused-ring (bicyclic) bond motifs is 1. The molecular weight excluding hydrogens is 639 g/mol. The lowest BCUT2D eigenvalue weighted by atomic mass is 10.1. The number of sulfonamides is 1. The molecule has 228 valence electrons. The third kappa shape index (κ3) is 5.74. The number of aromatic hydroxyl groups is 1. The van der Waals surface area contributed by atoms with Crippen LogP contribution in [0.1, 0.15) is 30.7 Å². The van der Waals surface area contributed by atoms with E-state index in [1.807, 2.05) is 19.9 Å². The minimum atomic E-state index is -3.69. The van der Waals surface area contributed by atoms with E-state index in [-0.39, 0.29) is 59.3 Å². The maximum Gasteiger partial charge on any atom is 0.303 e. The number of ether oxygens (including phenoxy) is 1. The molecule has 16 heteroatoms. The van der Waals surface area contributed by atoms with Crippen LogP contribution < -0.4 is 9.86 Å². The molecule has 1 amide bonds. The van der Waals surface area contributed by atoms with E-state index >= 15 is 0 Å². The number of amides is 1. The van der Waals surface area contributed by atoms with Crippen LogP contribution in [0.15, 0.2) is 35.4 Å². The van der Waals surface area contributed by atoms with Gasteiger partial charge in [0, 0.05) is 37.1 Å². The number of benzene rings is 1. The summed E-state index contributed by atoms with van der Waals surface area (Å²) in [4.78, 5) is 38.5. The van der Waals surface area contributed by atoms with Crippen molar-refractivity contribution < 1.29 is 23.1 Å². The number of imidazole rings is 1. The lowest BCUT2D eigenvalue weighted by Gasteiger charge is -2.35. The zero-order chi connectivity index (χ0) is 30.6. The van der Waals surface area contributed by atoms with Crippen molar-refractivity contribution in [1.82, 2.24) is 23.8 Å². The first-order valence-corrected chi connectivity index (χ1v) is 16.8. The summed E-state index contributed by atoms with van der Waals surface area (Å²) in [6.45, 7) is 4.53. The number of morpholine rings is 1. The van der Waals surface area contributed by atoms with E-state index in [1.54, 1.807) is 23.2 Å². The fourth-order valence-corrected chi connectivity index (χ4v) is 8.26. The number of thiazole rings is 1. The van der Waals surface area contributed by atoms with Crippen LogP contribution >= 0.6 is 34.5 Å². The zero-order valence-electron chi connectivity index (χ0n) is 23.2. The monoisotopic (exact) mass is 666 g/mol. The molecule has 0 aliphatic carbocycles. The molecule has 6 rings (SSSR count). The predicted molar refractivity (Wildman–Crippen MR) is 164 cm³/mol. The van der Waals surface area contributed by atoms with E-state index in [0.717, 1.165) is 19.1 Å². The first-order chi connectivity index (χ1) is 20.4. The molecule has 12 nitrogen and oxygen atoms in total. The highest BCUT2D eigenvalue weighted by Gasteiger charge is 2.34. The van der Waals surface area contributed by atoms with Crippen molar-refractivity contribution >= 4 is 62.1 Å². The van der Waals surface area contributed by atoms with Gasteiger partial charge in [0.15, 0.2) is 5.69 Å². The summed E-state index contributed by atoms with van der Waals surface area (Å²) >= 11 is 13.4. The quantitative estimate of drug-likeness (QED) is 0.330. The Labute approximate surface area is 261 Å². The SMILES string of the molecule is CC1CN(C(=O)Cn2cc(N3CCCS3(=O)=O)n3c(=O)c(O)c(-c4ncc(Cc5ccc(Cl)c(Cl)c5)s4)nc23)CC(C)O1. The highest BCUT2D eigenvalue weighted by Crippen LogP contribution is 2.33. The van der Waals surface area contributed by atoms with Crippen LogP contribution in [0.25, 0.3) is 16.5 Å². The summed E-state index contributed by atoms with van der Waals surface area (Å²) in [6, 6.07) is 5.30. The maximum atomic E-state index is 13.6. The zero-order valence-corrected chi connectivity index (χ0v) is 26.4. The van der Waals surface area contributed by atoms with Crippen molar-refractivity contribution in [2.24, 2.45) is 0 Å². The smallest absolute Gasteiger partial charge is 0.303 e. The molecule has 2 atom stereocenters. The van der Waals surface area contributed by atoms with Gasteiger partial charge < -0.3 is 19.3 Å². The molecule has 2 aliphatic rings. The van der Waals surface area contributed by atoms with Crippen LogP contribution in [0.4, 0.5) is 5.82 Å². The van der Waals surface area contributed by atoms with Crippen LogP contribution in [0.5, 0.6) is 5.75 Å². The molecule has 0 saturated carbocycles. The van der Waals surface area contributed by atoms with Gasteiger partial charge in [-0.25, -0.2) is 22.8 Å². The molecule has 0 radical (unpaired) electrons. The molecule has 2 saturated heterocycles. The summed E-state index contributed by atoms with van der Waals surface area (Å²) in [5.41, 5.74) is -0.0299. The Morgan fingerprint density at radius 1 is 1.19 bits per heavy atom. The van der Waals surface area contributed by atoms with Crippen molar-refractivity contribution in [2.45, 2.75) is 45.4 Å². The number of anilines is 1. The Morgan fingerprint density at radius 3 is 2.60 bits per heavy atom. The summed E-state index contributed by atoms with van der Waals surface area (Å²) in [6.07, 6.45) is 3.62. The Morgan fingerprint density at radius 2 is 1.93 bits per heavy atom. The lowest BCUT2D eigenvalue weighted by Crippen LogP contribution is -2.49. The van der Waals surface area contributed by atoms with Crippen molar-refractivity contribution in [2.75, 3.05) is 29.7 Å². The van der Waals surface area contributed by atoms with E-state index in [9.17, 15) is 23.1 Å². The fourth-order valence-electron chi connectivity index (χ4n) is 5.47. The number of aromatic nitrogens is 4. The summed E-state index contributed by atoms with van der Waals surface area (Å²) < 4.78 is 35.0. The number of hydrogen-bond acceptors (Lipinski definition) is 9. The van der Waals surface area contributed by atoms with Gasteiger partial charge in [-0.15, -0.1) is 11.3 Å². The van der Waals surface area contributed by atoms with Crippen molar-refractivity contribution in [1.29, 1.82) is 0 Å². The van der Waals surface area contributed by atoms with Gasteiger partial charge in [-0.3, -0.25) is 13.9 Å². The fraction of sp³-hybridized carbons (Fsp3) is 0.407. The van der Waals surface area contributed by atoms with Gasteiger partial charge in [0.05, 0.1) is 34.2 Å². The minimum Gasteiger partial charge on any atom is -0.501 e. The number of hydrogen-bond donors (Lipinski definition) is 1. The second kappa shape index (κ2) is 11.4. The highest BCUT2D eigenvalue weighted by atomic mass is 35.5. The molecule has 2 unspecified atom stereocenters. The predicted octanol–water partition coefficient (Wildman–Crippen LogP) is 3.40. The van der Waals surface area contributed by atoms with E-state index in [4.69, 9.17) is 27.9 Å². The third-order valence-electron chi connectivity index (χ3n) is 7.35. The second-order valence-electron chi connectivity index (χ2n) is 10.7. The normalized spacial score (nSPS) is 20.3.